The van der Waals surface area contributed by atoms with Crippen molar-refractivity contribution in [3.8, 4) is 0 Å². The van der Waals surface area contributed by atoms with Crippen LogP contribution in [-0.2, 0) is 11.2 Å². The van der Waals surface area contributed by atoms with E-state index in [-0.39, 0.29) is 36.1 Å². The summed E-state index contributed by atoms with van der Waals surface area (Å²) in [6.07, 6.45) is 0.814. The van der Waals surface area contributed by atoms with E-state index in [0.717, 1.165) is 0 Å². The Morgan fingerprint density at radius 2 is 1.90 bits per heavy atom. The van der Waals surface area contributed by atoms with Gasteiger partial charge < -0.3 is 10.4 Å². The summed E-state index contributed by atoms with van der Waals surface area (Å²) in [7, 11) is 0. The molecule has 0 fully saturated rings. The Morgan fingerprint density at radius 3 is 2.33 bits per heavy atom. The van der Waals surface area contributed by atoms with Crippen LogP contribution in [0.1, 0.15) is 32.8 Å². The predicted octanol–water partition coefficient (Wildman–Crippen LogP) is 2.05. The highest BCUT2D eigenvalue weighted by Gasteiger charge is 2.19. The second-order valence-corrected chi connectivity index (χ2v) is 6.31. The van der Waals surface area contributed by atoms with E-state index in [1.54, 1.807) is 12.1 Å². The highest BCUT2D eigenvalue weighted by molar-refractivity contribution is 5.78. The lowest BCUT2D eigenvalue weighted by atomic mass is 9.88. The first-order chi connectivity index (χ1) is 9.71. The van der Waals surface area contributed by atoms with Crippen LogP contribution in [0.4, 0.5) is 5.69 Å². The maximum absolute atomic E-state index is 11.9. The van der Waals surface area contributed by atoms with E-state index in [1.807, 2.05) is 20.8 Å². The molecule has 0 bridgehead atoms. The normalized spacial score (nSPS) is 12.8. The first kappa shape index (κ1) is 17.1. The summed E-state index contributed by atoms with van der Waals surface area (Å²) in [5, 5.41) is 22.6. The summed E-state index contributed by atoms with van der Waals surface area (Å²) >= 11 is 0. The molecule has 21 heavy (non-hydrogen) atoms. The maximum atomic E-state index is 11.9. The summed E-state index contributed by atoms with van der Waals surface area (Å²) in [6, 6.07) is 5.60. The molecule has 1 rings (SSSR count). The van der Waals surface area contributed by atoms with E-state index in [4.69, 9.17) is 0 Å². The number of carbonyl (C=O) groups excluding carboxylic acids is 1. The van der Waals surface area contributed by atoms with E-state index >= 15 is 0 Å². The molecule has 116 valence electrons. The molecule has 6 nitrogen and oxygen atoms in total. The second-order valence-electron chi connectivity index (χ2n) is 6.31. The van der Waals surface area contributed by atoms with Crippen molar-refractivity contribution >= 4 is 11.6 Å². The van der Waals surface area contributed by atoms with Crippen LogP contribution < -0.4 is 5.32 Å². The van der Waals surface area contributed by atoms with Gasteiger partial charge in [-0.3, -0.25) is 14.9 Å². The number of carbonyl (C=O) groups is 1. The summed E-state index contributed by atoms with van der Waals surface area (Å²) in [6.45, 7) is 6.01. The molecule has 0 heterocycles. The molecule has 0 aliphatic heterocycles. The van der Waals surface area contributed by atoms with Crippen LogP contribution in [0.5, 0.6) is 0 Å². The van der Waals surface area contributed by atoms with Crippen LogP contribution in [0.25, 0.3) is 0 Å². The number of nitrogens with zero attached hydrogens (tertiary/aromatic N) is 1. The number of aliphatic hydroxyl groups excluding tert-OH is 1. The van der Waals surface area contributed by atoms with Gasteiger partial charge in [-0.1, -0.05) is 32.9 Å². The van der Waals surface area contributed by atoms with Crippen molar-refractivity contribution in [1.82, 2.24) is 5.32 Å². The Morgan fingerprint density at radius 1 is 1.33 bits per heavy atom. The monoisotopic (exact) mass is 294 g/mol. The van der Waals surface area contributed by atoms with E-state index in [1.165, 1.54) is 12.1 Å². The molecular formula is C15H22N2O4. The number of non-ortho nitro benzene ring substituents is 1. The highest BCUT2D eigenvalue weighted by Crippen LogP contribution is 2.20. The lowest BCUT2D eigenvalue weighted by Crippen LogP contribution is -2.40. The van der Waals surface area contributed by atoms with Crippen molar-refractivity contribution < 1.29 is 14.8 Å². The van der Waals surface area contributed by atoms with Crippen molar-refractivity contribution in [3.05, 3.63) is 39.9 Å². The average Bonchev–Trinajstić information content (AvgIpc) is 2.36. The van der Waals surface area contributed by atoms with Crippen LogP contribution in [0.15, 0.2) is 24.3 Å². The number of rotatable bonds is 6. The Labute approximate surface area is 124 Å². The lowest BCUT2D eigenvalue weighted by molar-refractivity contribution is -0.384. The Bertz CT molecular complexity index is 491. The van der Waals surface area contributed by atoms with E-state index in [0.29, 0.717) is 12.0 Å². The van der Waals surface area contributed by atoms with Crippen LogP contribution in [0.3, 0.4) is 0 Å². The van der Waals surface area contributed by atoms with Crippen molar-refractivity contribution in [1.29, 1.82) is 0 Å². The molecule has 0 spiro atoms. The number of hydrogen-bond acceptors (Lipinski definition) is 4. The Kier molecular flexibility index (Phi) is 5.84. The summed E-state index contributed by atoms with van der Waals surface area (Å²) in [4.78, 5) is 22.0. The summed E-state index contributed by atoms with van der Waals surface area (Å²) in [5.74, 6) is -0.202. The standard InChI is InChI=1S/C15H22N2O4/c1-15(2,3)9-12(10-18)16-14(19)8-11-4-6-13(7-5-11)17(20)21/h4-7,12,18H,8-10H2,1-3H3,(H,16,19). The minimum Gasteiger partial charge on any atom is -0.394 e. The van der Waals surface area contributed by atoms with Crippen LogP contribution >= 0.6 is 0 Å². The molecule has 1 aromatic carbocycles. The van der Waals surface area contributed by atoms with Gasteiger partial charge in [0, 0.05) is 12.1 Å². The quantitative estimate of drug-likeness (QED) is 0.620. The zero-order valence-corrected chi connectivity index (χ0v) is 12.6. The zero-order valence-electron chi connectivity index (χ0n) is 12.6. The smallest absolute Gasteiger partial charge is 0.269 e. The molecule has 6 heteroatoms. The number of hydrogen-bond donors (Lipinski definition) is 2. The van der Waals surface area contributed by atoms with Crippen LogP contribution in [-0.4, -0.2) is 28.6 Å². The topological polar surface area (TPSA) is 92.5 Å². The molecule has 1 unspecified atom stereocenters. The molecule has 0 saturated carbocycles. The van der Waals surface area contributed by atoms with Gasteiger partial charge in [-0.15, -0.1) is 0 Å². The van der Waals surface area contributed by atoms with Gasteiger partial charge in [0.1, 0.15) is 0 Å². The average molecular weight is 294 g/mol. The van der Waals surface area contributed by atoms with E-state index < -0.39 is 4.92 Å². The molecular weight excluding hydrogens is 272 g/mol. The largest absolute Gasteiger partial charge is 0.394 e. The SMILES string of the molecule is CC(C)(C)CC(CO)NC(=O)Cc1ccc([N+](=O)[O-])cc1. The minimum atomic E-state index is -0.477. The van der Waals surface area contributed by atoms with Gasteiger partial charge in [0.05, 0.1) is 24.0 Å². The van der Waals surface area contributed by atoms with Crippen LogP contribution in [0, 0.1) is 15.5 Å². The van der Waals surface area contributed by atoms with Gasteiger partial charge in [-0.2, -0.15) is 0 Å². The first-order valence-electron chi connectivity index (χ1n) is 6.85. The number of amides is 1. The molecule has 0 aromatic heterocycles. The Hall–Kier alpha value is -1.95. The summed E-state index contributed by atoms with van der Waals surface area (Å²) < 4.78 is 0. The third-order valence-electron chi connectivity index (χ3n) is 2.96. The zero-order chi connectivity index (χ0) is 16.0. The van der Waals surface area contributed by atoms with E-state index in [9.17, 15) is 20.0 Å². The molecule has 1 aromatic rings. The fraction of sp³-hybridized carbons (Fsp3) is 0.533. The van der Waals surface area contributed by atoms with Crippen molar-refractivity contribution in [2.75, 3.05) is 6.61 Å². The van der Waals surface area contributed by atoms with Gasteiger partial charge in [-0.25, -0.2) is 0 Å². The number of nitro benzene ring substituents is 1. The third-order valence-corrected chi connectivity index (χ3v) is 2.96. The lowest BCUT2D eigenvalue weighted by Gasteiger charge is -2.25. The number of benzene rings is 1. The van der Waals surface area contributed by atoms with Gasteiger partial charge in [0.2, 0.25) is 5.91 Å². The fourth-order valence-electron chi connectivity index (χ4n) is 2.10. The molecule has 0 saturated heterocycles. The van der Waals surface area contributed by atoms with E-state index in [2.05, 4.69) is 5.32 Å². The van der Waals surface area contributed by atoms with Crippen molar-refractivity contribution in [2.24, 2.45) is 5.41 Å². The molecule has 1 amide bonds. The molecule has 0 radical (unpaired) electrons. The third kappa shape index (κ3) is 6.35. The number of aliphatic hydroxyl groups is 1. The highest BCUT2D eigenvalue weighted by atomic mass is 16.6. The molecule has 1 atom stereocenters. The molecule has 2 N–H and O–H groups in total. The predicted molar refractivity (Wildman–Crippen MR) is 79.9 cm³/mol. The number of nitro groups is 1. The molecule has 0 aliphatic rings. The first-order valence-corrected chi connectivity index (χ1v) is 6.85. The van der Waals surface area contributed by atoms with Gasteiger partial charge in [0.25, 0.3) is 5.69 Å². The second kappa shape index (κ2) is 7.17. The minimum absolute atomic E-state index is 0.000116. The van der Waals surface area contributed by atoms with Crippen LogP contribution in [0.2, 0.25) is 0 Å². The summed E-state index contributed by atoms with van der Waals surface area (Å²) in [5.41, 5.74) is 0.708. The Balaban J connectivity index is 2.58. The van der Waals surface area contributed by atoms with Crippen molar-refractivity contribution in [2.45, 2.75) is 39.7 Å². The van der Waals surface area contributed by atoms with Gasteiger partial charge in [-0.05, 0) is 17.4 Å². The number of nitrogens with one attached hydrogen (secondary N) is 1. The molecule has 0 aliphatic carbocycles. The fourth-order valence-corrected chi connectivity index (χ4v) is 2.10. The maximum Gasteiger partial charge on any atom is 0.269 e. The van der Waals surface area contributed by atoms with Gasteiger partial charge >= 0.3 is 0 Å². The van der Waals surface area contributed by atoms with Gasteiger partial charge in [0.15, 0.2) is 0 Å². The van der Waals surface area contributed by atoms with Crippen molar-refractivity contribution in [3.63, 3.8) is 0 Å².